The average molecular weight is 1030 g/mol. The predicted molar refractivity (Wildman–Crippen MR) is 282 cm³/mol. The van der Waals surface area contributed by atoms with Crippen molar-refractivity contribution >= 4 is 35.3 Å². The molecule has 0 aliphatic carbocycles. The minimum Gasteiger partial charge on any atom is -0.466 e. The van der Waals surface area contributed by atoms with Gasteiger partial charge in [-0.2, -0.15) is 0 Å². The van der Waals surface area contributed by atoms with Crippen LogP contribution in [0, 0.1) is 20.2 Å². The van der Waals surface area contributed by atoms with E-state index in [-0.39, 0.29) is 52.3 Å². The Balaban J connectivity index is 0.000000265. The Morgan fingerprint density at radius 2 is 1.01 bits per heavy atom. The maximum atomic E-state index is 13.6. The summed E-state index contributed by atoms with van der Waals surface area (Å²) >= 11 is 0. The van der Waals surface area contributed by atoms with Gasteiger partial charge < -0.3 is 39.4 Å². The number of nitro benzene ring substituents is 2. The molecular weight excluding hydrogens is 961 g/mol. The lowest BCUT2D eigenvalue weighted by Crippen LogP contribution is -2.43. The quantitative estimate of drug-likeness (QED) is 0.0313. The molecule has 18 heteroatoms. The fourth-order valence-electron chi connectivity index (χ4n) is 10.1. The molecule has 0 aromatic heterocycles. The SMILES string of the molecule is CCN(C)CCOC(=O)C1=C(C)NC(C)=C(C(=O)OC)C1c1cccc([N+](=O)[O-])c1.COC(=O)C1=C(C)NC(C)=C(C(=O)OCCCN2CCC(c3ccccc3)(c3ccccc3)CC2)C1c1cccc([N+](=O)[O-])c1. The smallest absolute Gasteiger partial charge is 0.336 e. The highest BCUT2D eigenvalue weighted by molar-refractivity contribution is 6.01. The first-order valence-corrected chi connectivity index (χ1v) is 24.8. The van der Waals surface area contributed by atoms with Crippen molar-refractivity contribution in [3.05, 3.63) is 197 Å². The predicted octanol–water partition coefficient (Wildman–Crippen LogP) is 8.52. The lowest BCUT2D eigenvalue weighted by molar-refractivity contribution is -0.385. The van der Waals surface area contributed by atoms with Gasteiger partial charge in [0, 0.05) is 65.6 Å². The molecule has 4 aromatic carbocycles. The van der Waals surface area contributed by atoms with Gasteiger partial charge in [0.15, 0.2) is 0 Å². The third-order valence-electron chi connectivity index (χ3n) is 14.1. The molecule has 3 aliphatic rings. The average Bonchev–Trinajstić information content (AvgIpc) is 3.42. The van der Waals surface area contributed by atoms with Gasteiger partial charge in [-0.25, -0.2) is 19.2 Å². The lowest BCUT2D eigenvalue weighted by atomic mass is 9.68. The van der Waals surface area contributed by atoms with Crippen molar-refractivity contribution < 1.29 is 48.0 Å². The Morgan fingerprint density at radius 3 is 1.40 bits per heavy atom. The van der Waals surface area contributed by atoms with Crippen molar-refractivity contribution in [2.24, 2.45) is 0 Å². The summed E-state index contributed by atoms with van der Waals surface area (Å²) in [5.41, 5.74) is 6.18. The normalized spacial score (nSPS) is 17.5. The van der Waals surface area contributed by atoms with Gasteiger partial charge in [0.2, 0.25) is 0 Å². The van der Waals surface area contributed by atoms with Crippen LogP contribution in [0.5, 0.6) is 0 Å². The number of methoxy groups -OCH3 is 2. The molecule has 0 radical (unpaired) electrons. The summed E-state index contributed by atoms with van der Waals surface area (Å²) in [7, 11) is 4.42. The molecule has 396 valence electrons. The molecule has 3 aliphatic heterocycles. The van der Waals surface area contributed by atoms with E-state index in [0.717, 1.165) is 39.0 Å². The number of rotatable bonds is 18. The first-order valence-electron chi connectivity index (χ1n) is 24.8. The number of piperidine rings is 1. The summed E-state index contributed by atoms with van der Waals surface area (Å²) in [5.74, 6) is -4.14. The van der Waals surface area contributed by atoms with Gasteiger partial charge in [0.25, 0.3) is 11.4 Å². The van der Waals surface area contributed by atoms with Crippen LogP contribution in [-0.4, -0.2) is 111 Å². The summed E-state index contributed by atoms with van der Waals surface area (Å²) in [6, 6.07) is 33.3. The van der Waals surface area contributed by atoms with Gasteiger partial charge in [-0.3, -0.25) is 20.2 Å². The summed E-state index contributed by atoms with van der Waals surface area (Å²) < 4.78 is 21.2. The van der Waals surface area contributed by atoms with E-state index in [1.54, 1.807) is 45.9 Å². The number of dihydropyridines is 2. The van der Waals surface area contributed by atoms with E-state index in [4.69, 9.17) is 18.9 Å². The number of benzene rings is 4. The molecule has 1 saturated heterocycles. The van der Waals surface area contributed by atoms with Crippen molar-refractivity contribution in [1.82, 2.24) is 20.4 Å². The van der Waals surface area contributed by atoms with Crippen molar-refractivity contribution in [3.8, 4) is 0 Å². The van der Waals surface area contributed by atoms with E-state index in [0.29, 0.717) is 46.9 Å². The molecule has 0 bridgehead atoms. The zero-order chi connectivity index (χ0) is 54.4. The van der Waals surface area contributed by atoms with Crippen molar-refractivity contribution in [2.75, 3.05) is 67.2 Å². The Labute approximate surface area is 437 Å². The summed E-state index contributed by atoms with van der Waals surface area (Å²) in [5, 5.41) is 28.9. The summed E-state index contributed by atoms with van der Waals surface area (Å²) in [6.07, 6.45) is 2.63. The Morgan fingerprint density at radius 1 is 0.613 bits per heavy atom. The second-order valence-electron chi connectivity index (χ2n) is 18.6. The topological polar surface area (TPSA) is 222 Å². The van der Waals surface area contributed by atoms with Crippen molar-refractivity contribution in [2.45, 2.75) is 71.1 Å². The molecule has 75 heavy (non-hydrogen) atoms. The molecule has 0 saturated carbocycles. The first-order chi connectivity index (χ1) is 36.0. The largest absolute Gasteiger partial charge is 0.466 e. The van der Waals surface area contributed by atoms with Gasteiger partial charge in [0.1, 0.15) is 6.61 Å². The van der Waals surface area contributed by atoms with Crippen molar-refractivity contribution in [3.63, 3.8) is 0 Å². The third kappa shape index (κ3) is 13.2. The second kappa shape index (κ2) is 25.8. The lowest BCUT2D eigenvalue weighted by Gasteiger charge is -2.43. The number of likely N-dealkylation sites (N-methyl/N-ethyl adjacent to an activating group) is 1. The van der Waals surface area contributed by atoms with Gasteiger partial charge in [0.05, 0.1) is 64.8 Å². The van der Waals surface area contributed by atoms with Crippen LogP contribution in [0.2, 0.25) is 0 Å². The molecule has 0 amide bonds. The number of nitrogens with one attached hydrogen (secondary N) is 2. The standard InChI is InChI=1S/C36H39N3O6.C21H27N3O6/c1-25-31(34(40)44-3)33(27-12-10-17-30(24-27)39(42)43)32(26(2)37-25)35(41)45-23-11-20-38-21-18-36(19-22-38,28-13-6-4-7-14-28)29-15-8-5-9-16-29;1-6-23(4)10-11-30-21(26)18-14(3)22-13(2)17(20(25)29-5)19(18)15-8-7-9-16(12-15)24(27)28/h4-10,12-17,24,33,37H,11,18-23H2,1-3H3;7-9,12,19,22H,6,10-11H2,1-5H3. The van der Waals surface area contributed by atoms with Crippen LogP contribution in [0.1, 0.15) is 88.0 Å². The van der Waals surface area contributed by atoms with E-state index in [9.17, 15) is 39.4 Å². The molecule has 2 unspecified atom stereocenters. The summed E-state index contributed by atoms with van der Waals surface area (Å²) in [6.45, 7) is 13.2. The number of hydrogen-bond acceptors (Lipinski definition) is 16. The highest BCUT2D eigenvalue weighted by atomic mass is 16.6. The van der Waals surface area contributed by atoms with Crippen molar-refractivity contribution in [1.29, 1.82) is 0 Å². The van der Waals surface area contributed by atoms with Gasteiger partial charge in [-0.1, -0.05) is 91.9 Å². The number of nitrogens with zero attached hydrogens (tertiary/aromatic N) is 4. The highest BCUT2D eigenvalue weighted by Gasteiger charge is 2.41. The van der Waals surface area contributed by atoms with Crippen LogP contribution >= 0.6 is 0 Å². The minimum absolute atomic E-state index is 0.0337. The van der Waals surface area contributed by atoms with Crippen LogP contribution in [0.3, 0.4) is 0 Å². The monoisotopic (exact) mass is 1030 g/mol. The number of carbonyl (C=O) groups is 4. The zero-order valence-electron chi connectivity index (χ0n) is 43.8. The van der Waals surface area contributed by atoms with E-state index < -0.39 is 45.6 Å². The number of allylic oxidation sites excluding steroid dienone is 4. The van der Waals surface area contributed by atoms with Gasteiger partial charge >= 0.3 is 23.9 Å². The second-order valence-corrected chi connectivity index (χ2v) is 18.6. The van der Waals surface area contributed by atoms with Crippen LogP contribution in [0.15, 0.2) is 154 Å². The number of ether oxygens (including phenoxy) is 4. The molecule has 1 fully saturated rings. The molecule has 2 atom stereocenters. The fourth-order valence-corrected chi connectivity index (χ4v) is 10.1. The Hall–Kier alpha value is -7.96. The van der Waals surface area contributed by atoms with Gasteiger partial charge in [-0.15, -0.1) is 0 Å². The molecule has 0 spiro atoms. The maximum Gasteiger partial charge on any atom is 0.336 e. The molecular formula is C57H66N6O12. The number of non-ortho nitro benzene ring substituents is 2. The van der Waals surface area contributed by atoms with Crippen LogP contribution in [0.25, 0.3) is 0 Å². The van der Waals surface area contributed by atoms with E-state index in [1.807, 2.05) is 18.9 Å². The zero-order valence-corrected chi connectivity index (χ0v) is 43.8. The number of likely N-dealkylation sites (tertiary alicyclic amines) is 1. The minimum atomic E-state index is -0.878. The van der Waals surface area contributed by atoms with Gasteiger partial charge in [-0.05, 0) is 95.9 Å². The van der Waals surface area contributed by atoms with E-state index >= 15 is 0 Å². The number of nitro groups is 2. The first kappa shape index (κ1) is 56.3. The van der Waals surface area contributed by atoms with E-state index in [1.165, 1.54) is 55.7 Å². The third-order valence-corrected chi connectivity index (χ3v) is 14.1. The maximum absolute atomic E-state index is 13.6. The number of hydrogen-bond donors (Lipinski definition) is 2. The Bertz CT molecular complexity index is 2850. The molecule has 4 aromatic rings. The van der Waals surface area contributed by atoms with Crippen LogP contribution in [-0.2, 0) is 43.5 Å². The Kier molecular flexibility index (Phi) is 19.4. The number of esters is 4. The molecule has 3 heterocycles. The molecule has 18 nitrogen and oxygen atoms in total. The fraction of sp³-hybridized carbons (Fsp3) is 0.368. The van der Waals surface area contributed by atoms with Crippen LogP contribution < -0.4 is 10.6 Å². The molecule has 2 N–H and O–H groups in total. The van der Waals surface area contributed by atoms with Crippen LogP contribution in [0.4, 0.5) is 11.4 Å². The molecule has 7 rings (SSSR count). The highest BCUT2D eigenvalue weighted by Crippen LogP contribution is 2.43. The van der Waals surface area contributed by atoms with E-state index in [2.05, 4.69) is 76.2 Å². The number of carbonyl (C=O) groups excluding carboxylic acids is 4. The summed E-state index contributed by atoms with van der Waals surface area (Å²) in [4.78, 5) is 78.2.